The number of rotatable bonds is 3. The van der Waals surface area contributed by atoms with Crippen LogP contribution in [-0.4, -0.2) is 53.0 Å². The molecule has 1 amide bonds. The van der Waals surface area contributed by atoms with Gasteiger partial charge >= 0.3 is 5.97 Å². The molecule has 108 valence electrons. The van der Waals surface area contributed by atoms with Crippen LogP contribution in [0.5, 0.6) is 0 Å². The van der Waals surface area contributed by atoms with Crippen molar-refractivity contribution in [1.82, 2.24) is 9.80 Å². The van der Waals surface area contributed by atoms with Gasteiger partial charge in [0.05, 0.1) is 0 Å². The van der Waals surface area contributed by atoms with Crippen molar-refractivity contribution in [2.75, 3.05) is 26.2 Å². The number of nitrogens with zero attached hydrogens (tertiary/aromatic N) is 2. The second-order valence-electron chi connectivity index (χ2n) is 4.83. The number of carboxylic acid groups (broad SMARTS) is 1. The summed E-state index contributed by atoms with van der Waals surface area (Å²) in [7, 11) is 0. The van der Waals surface area contributed by atoms with Crippen molar-refractivity contribution in [2.45, 2.75) is 13.0 Å². The van der Waals surface area contributed by atoms with Crippen LogP contribution in [0.25, 0.3) is 0 Å². The number of aliphatic carboxylic acids is 1. The van der Waals surface area contributed by atoms with Gasteiger partial charge in [-0.1, -0.05) is 23.7 Å². The fraction of sp³-hybridized carbons (Fsp3) is 0.429. The molecule has 6 heteroatoms. The van der Waals surface area contributed by atoms with Crippen molar-refractivity contribution in [2.24, 2.45) is 0 Å². The summed E-state index contributed by atoms with van der Waals surface area (Å²) in [5, 5.41) is 10.1. The number of carboxylic acids is 1. The van der Waals surface area contributed by atoms with Crippen molar-refractivity contribution >= 4 is 23.5 Å². The highest BCUT2D eigenvalue weighted by Gasteiger charge is 2.30. The summed E-state index contributed by atoms with van der Waals surface area (Å²) < 4.78 is 0. The lowest BCUT2D eigenvalue weighted by Gasteiger charge is -2.37. The zero-order valence-electron chi connectivity index (χ0n) is 11.3. The molecule has 1 N–H and O–H groups in total. The Balaban J connectivity index is 2.12. The molecule has 0 bridgehead atoms. The molecule has 1 aliphatic rings. The monoisotopic (exact) mass is 296 g/mol. The van der Waals surface area contributed by atoms with Gasteiger partial charge in [0.2, 0.25) is 5.91 Å². The lowest BCUT2D eigenvalue weighted by molar-refractivity contribution is -0.145. The van der Waals surface area contributed by atoms with Gasteiger partial charge in [0.25, 0.3) is 0 Å². The number of carbonyl (C=O) groups is 2. The van der Waals surface area contributed by atoms with Crippen molar-refractivity contribution in [3.8, 4) is 0 Å². The van der Waals surface area contributed by atoms with Crippen molar-refractivity contribution < 1.29 is 14.7 Å². The third-order valence-corrected chi connectivity index (χ3v) is 3.80. The van der Waals surface area contributed by atoms with Gasteiger partial charge < -0.3 is 10.0 Å². The Morgan fingerprint density at radius 3 is 2.15 bits per heavy atom. The van der Waals surface area contributed by atoms with E-state index in [4.69, 9.17) is 11.6 Å². The summed E-state index contributed by atoms with van der Waals surface area (Å²) in [6.07, 6.45) is 0. The van der Waals surface area contributed by atoms with Gasteiger partial charge in [-0.25, -0.2) is 0 Å². The van der Waals surface area contributed by atoms with Crippen LogP contribution in [0.1, 0.15) is 18.5 Å². The zero-order valence-corrected chi connectivity index (χ0v) is 12.0. The van der Waals surface area contributed by atoms with E-state index < -0.39 is 12.0 Å². The zero-order chi connectivity index (χ0) is 14.7. The molecule has 0 aliphatic carbocycles. The summed E-state index contributed by atoms with van der Waals surface area (Å²) in [6.45, 7) is 3.77. The molecule has 0 saturated carbocycles. The highest BCUT2D eigenvalue weighted by atomic mass is 35.5. The highest BCUT2D eigenvalue weighted by molar-refractivity contribution is 6.30. The SMILES string of the molecule is CC(=O)N1CCN(C(C(=O)O)c2ccc(Cl)cc2)CC1. The van der Waals surface area contributed by atoms with Gasteiger partial charge in [0.15, 0.2) is 0 Å². The quantitative estimate of drug-likeness (QED) is 0.921. The first-order valence-corrected chi connectivity index (χ1v) is 6.84. The van der Waals surface area contributed by atoms with Crippen molar-refractivity contribution in [3.63, 3.8) is 0 Å². The van der Waals surface area contributed by atoms with Gasteiger partial charge in [0.1, 0.15) is 6.04 Å². The molecule has 1 fully saturated rings. The Kier molecular flexibility index (Phi) is 4.62. The minimum absolute atomic E-state index is 0.0306. The van der Waals surface area contributed by atoms with Gasteiger partial charge in [-0.3, -0.25) is 14.5 Å². The Bertz CT molecular complexity index is 496. The number of carbonyl (C=O) groups excluding carboxylic acids is 1. The van der Waals surface area contributed by atoms with Gasteiger partial charge in [-0.2, -0.15) is 0 Å². The predicted molar refractivity (Wildman–Crippen MR) is 75.7 cm³/mol. The van der Waals surface area contributed by atoms with Crippen LogP contribution in [0.2, 0.25) is 5.02 Å². The van der Waals surface area contributed by atoms with E-state index in [2.05, 4.69) is 0 Å². The highest BCUT2D eigenvalue weighted by Crippen LogP contribution is 2.24. The van der Waals surface area contributed by atoms with Gasteiger partial charge in [-0.05, 0) is 17.7 Å². The molecule has 1 atom stereocenters. The molecular formula is C14H17ClN2O3. The number of hydrogen-bond acceptors (Lipinski definition) is 3. The van der Waals surface area contributed by atoms with Gasteiger partial charge in [0, 0.05) is 38.1 Å². The number of benzene rings is 1. The lowest BCUT2D eigenvalue weighted by atomic mass is 10.0. The van der Waals surface area contributed by atoms with Crippen molar-refractivity contribution in [1.29, 1.82) is 0 Å². The van der Waals surface area contributed by atoms with Crippen LogP contribution < -0.4 is 0 Å². The third kappa shape index (κ3) is 3.29. The third-order valence-electron chi connectivity index (χ3n) is 3.54. The second-order valence-corrected chi connectivity index (χ2v) is 5.27. The van der Waals surface area contributed by atoms with E-state index in [1.807, 2.05) is 4.90 Å². The lowest BCUT2D eigenvalue weighted by Crippen LogP contribution is -2.50. The molecule has 1 aromatic rings. The fourth-order valence-corrected chi connectivity index (χ4v) is 2.58. The molecule has 20 heavy (non-hydrogen) atoms. The van der Waals surface area contributed by atoms with E-state index >= 15 is 0 Å². The van der Waals surface area contributed by atoms with Crippen LogP contribution in [0.4, 0.5) is 0 Å². The van der Waals surface area contributed by atoms with Crippen molar-refractivity contribution in [3.05, 3.63) is 34.9 Å². The molecule has 0 spiro atoms. The minimum atomic E-state index is -0.886. The smallest absolute Gasteiger partial charge is 0.325 e. The first-order chi connectivity index (χ1) is 9.49. The number of halogens is 1. The second kappa shape index (κ2) is 6.24. The maximum absolute atomic E-state index is 11.5. The average Bonchev–Trinajstić information content (AvgIpc) is 2.41. The van der Waals surface area contributed by atoms with E-state index in [9.17, 15) is 14.7 Å². The molecule has 1 unspecified atom stereocenters. The summed E-state index contributed by atoms with van der Waals surface area (Å²) >= 11 is 5.83. The van der Waals surface area contributed by atoms with Crippen LogP contribution in [-0.2, 0) is 9.59 Å². The number of hydrogen-bond donors (Lipinski definition) is 1. The maximum Gasteiger partial charge on any atom is 0.325 e. The van der Waals surface area contributed by atoms with Crippen LogP contribution in [0.15, 0.2) is 24.3 Å². The number of piperazine rings is 1. The Morgan fingerprint density at radius 2 is 1.70 bits per heavy atom. The number of amides is 1. The Morgan fingerprint density at radius 1 is 1.15 bits per heavy atom. The summed E-state index contributed by atoms with van der Waals surface area (Å²) in [4.78, 5) is 26.5. The molecule has 1 saturated heterocycles. The first-order valence-electron chi connectivity index (χ1n) is 6.47. The van der Waals surface area contributed by atoms with E-state index in [1.54, 1.807) is 29.2 Å². The normalized spacial score (nSPS) is 17.8. The molecule has 2 rings (SSSR count). The molecule has 1 aromatic carbocycles. The van der Waals surface area contributed by atoms with Crippen LogP contribution >= 0.6 is 11.6 Å². The van der Waals surface area contributed by atoms with E-state index in [0.717, 1.165) is 0 Å². The first kappa shape index (κ1) is 14.8. The largest absolute Gasteiger partial charge is 0.480 e. The summed E-state index contributed by atoms with van der Waals surface area (Å²) in [5.41, 5.74) is 0.707. The van der Waals surface area contributed by atoms with E-state index in [-0.39, 0.29) is 5.91 Å². The van der Waals surface area contributed by atoms with Gasteiger partial charge in [-0.15, -0.1) is 0 Å². The van der Waals surface area contributed by atoms with Crippen LogP contribution in [0.3, 0.4) is 0 Å². The summed E-state index contributed by atoms with van der Waals surface area (Å²) in [6, 6.07) is 6.16. The van der Waals surface area contributed by atoms with E-state index in [0.29, 0.717) is 36.8 Å². The molecule has 0 radical (unpaired) electrons. The topological polar surface area (TPSA) is 60.9 Å². The Hall–Kier alpha value is -1.59. The summed E-state index contributed by atoms with van der Waals surface area (Å²) in [5.74, 6) is -0.855. The fourth-order valence-electron chi connectivity index (χ4n) is 2.45. The maximum atomic E-state index is 11.5. The minimum Gasteiger partial charge on any atom is -0.480 e. The molecule has 0 aromatic heterocycles. The van der Waals surface area contributed by atoms with E-state index in [1.165, 1.54) is 6.92 Å². The standard InChI is InChI=1S/C14H17ClN2O3/c1-10(18)16-6-8-17(9-7-16)13(14(19)20)11-2-4-12(15)5-3-11/h2-5,13H,6-9H2,1H3,(H,19,20). The molecule has 5 nitrogen and oxygen atoms in total. The molecule has 1 aliphatic heterocycles. The Labute approximate surface area is 122 Å². The molecular weight excluding hydrogens is 280 g/mol. The molecule has 1 heterocycles. The predicted octanol–water partition coefficient (Wildman–Crippen LogP) is 1.63. The van der Waals surface area contributed by atoms with Crippen LogP contribution in [0, 0.1) is 0 Å². The average molecular weight is 297 g/mol.